The van der Waals surface area contributed by atoms with Gasteiger partial charge in [-0.3, -0.25) is 4.98 Å². The molecule has 84 valence electrons. The Morgan fingerprint density at radius 3 is 2.73 bits per heavy atom. The van der Waals surface area contributed by atoms with Crippen LogP contribution in [0.25, 0.3) is 0 Å². The lowest BCUT2D eigenvalue weighted by molar-refractivity contribution is 0.748. The molecule has 15 heavy (non-hydrogen) atoms. The third kappa shape index (κ3) is 3.47. The molecule has 0 aliphatic heterocycles. The van der Waals surface area contributed by atoms with Gasteiger partial charge in [0.1, 0.15) is 5.82 Å². The number of aromatic nitrogens is 2. The van der Waals surface area contributed by atoms with E-state index in [2.05, 4.69) is 34.0 Å². The Labute approximate surface area is 91.7 Å². The maximum atomic E-state index is 4.55. The molecular weight excluding hydrogens is 188 g/mol. The third-order valence-electron chi connectivity index (χ3n) is 2.23. The maximum Gasteiger partial charge on any atom is 0.147 e. The summed E-state index contributed by atoms with van der Waals surface area (Å²) < 4.78 is 0. The molecule has 1 N–H and O–H groups in total. The molecule has 0 unspecified atom stereocenters. The molecule has 0 saturated heterocycles. The summed E-state index contributed by atoms with van der Waals surface area (Å²) in [6.45, 7) is 7.10. The van der Waals surface area contributed by atoms with Crippen LogP contribution < -0.4 is 10.2 Å². The summed E-state index contributed by atoms with van der Waals surface area (Å²) in [5, 5.41) is 3.08. The summed E-state index contributed by atoms with van der Waals surface area (Å²) in [5.41, 5.74) is 0.990. The van der Waals surface area contributed by atoms with Crippen LogP contribution in [-0.2, 0) is 6.54 Å². The molecule has 1 rings (SSSR count). The molecular formula is C11H20N4. The summed E-state index contributed by atoms with van der Waals surface area (Å²) in [5.74, 6) is 0.979. The Bertz CT molecular complexity index is 288. The summed E-state index contributed by atoms with van der Waals surface area (Å²) in [6, 6.07) is 0. The third-order valence-corrected chi connectivity index (χ3v) is 2.23. The first-order valence-corrected chi connectivity index (χ1v) is 5.52. The van der Waals surface area contributed by atoms with E-state index < -0.39 is 0 Å². The van der Waals surface area contributed by atoms with Gasteiger partial charge in [0.05, 0.1) is 11.9 Å². The van der Waals surface area contributed by atoms with Crippen LogP contribution in [0.3, 0.4) is 0 Å². The van der Waals surface area contributed by atoms with Gasteiger partial charge >= 0.3 is 0 Å². The number of rotatable bonds is 6. The van der Waals surface area contributed by atoms with Crippen molar-refractivity contribution in [2.75, 3.05) is 25.0 Å². The van der Waals surface area contributed by atoms with Crippen molar-refractivity contribution in [3.8, 4) is 0 Å². The molecule has 0 radical (unpaired) electrons. The molecule has 0 fully saturated rings. The molecule has 0 bridgehead atoms. The van der Waals surface area contributed by atoms with Crippen LogP contribution in [0.1, 0.15) is 26.0 Å². The fourth-order valence-electron chi connectivity index (χ4n) is 1.52. The number of nitrogens with zero attached hydrogens (tertiary/aromatic N) is 3. The van der Waals surface area contributed by atoms with Crippen molar-refractivity contribution in [2.24, 2.45) is 0 Å². The minimum Gasteiger partial charge on any atom is -0.356 e. The van der Waals surface area contributed by atoms with Crippen LogP contribution in [0, 0.1) is 0 Å². The molecule has 0 aromatic carbocycles. The smallest absolute Gasteiger partial charge is 0.147 e. The highest BCUT2D eigenvalue weighted by Crippen LogP contribution is 2.09. The Balaban J connectivity index is 2.77. The van der Waals surface area contributed by atoms with Gasteiger partial charge in [-0.2, -0.15) is 0 Å². The quantitative estimate of drug-likeness (QED) is 0.768. The maximum absolute atomic E-state index is 4.55. The van der Waals surface area contributed by atoms with E-state index in [0.717, 1.165) is 37.6 Å². The van der Waals surface area contributed by atoms with Gasteiger partial charge in [0.2, 0.25) is 0 Å². The second-order valence-electron chi connectivity index (χ2n) is 3.48. The number of nitrogens with one attached hydrogen (secondary N) is 1. The van der Waals surface area contributed by atoms with Gasteiger partial charge in [0, 0.05) is 25.8 Å². The predicted octanol–water partition coefficient (Wildman–Crippen LogP) is 1.43. The largest absolute Gasteiger partial charge is 0.356 e. The zero-order chi connectivity index (χ0) is 11.1. The first kappa shape index (κ1) is 11.9. The molecule has 0 saturated carbocycles. The van der Waals surface area contributed by atoms with E-state index in [-0.39, 0.29) is 0 Å². The van der Waals surface area contributed by atoms with Crippen molar-refractivity contribution in [2.45, 2.75) is 26.8 Å². The highest BCUT2D eigenvalue weighted by molar-refractivity contribution is 5.35. The fourth-order valence-corrected chi connectivity index (χ4v) is 1.52. The van der Waals surface area contributed by atoms with Gasteiger partial charge in [-0.05, 0) is 20.4 Å². The van der Waals surface area contributed by atoms with E-state index in [1.54, 1.807) is 6.20 Å². The van der Waals surface area contributed by atoms with Gasteiger partial charge < -0.3 is 10.2 Å². The van der Waals surface area contributed by atoms with E-state index in [1.807, 2.05) is 13.2 Å². The minimum atomic E-state index is 0.768. The van der Waals surface area contributed by atoms with Crippen molar-refractivity contribution in [1.82, 2.24) is 15.3 Å². The Hall–Kier alpha value is -1.16. The first-order valence-electron chi connectivity index (χ1n) is 5.52. The Morgan fingerprint density at radius 1 is 1.33 bits per heavy atom. The zero-order valence-electron chi connectivity index (χ0n) is 9.82. The van der Waals surface area contributed by atoms with Gasteiger partial charge in [0.25, 0.3) is 0 Å². The molecule has 0 aliphatic carbocycles. The van der Waals surface area contributed by atoms with Crippen LogP contribution >= 0.6 is 0 Å². The minimum absolute atomic E-state index is 0.768. The molecule has 4 heteroatoms. The molecule has 4 nitrogen and oxygen atoms in total. The van der Waals surface area contributed by atoms with E-state index >= 15 is 0 Å². The topological polar surface area (TPSA) is 41.1 Å². The van der Waals surface area contributed by atoms with Crippen LogP contribution in [0.4, 0.5) is 5.82 Å². The summed E-state index contributed by atoms with van der Waals surface area (Å²) in [7, 11) is 1.91. The van der Waals surface area contributed by atoms with Crippen LogP contribution in [0.15, 0.2) is 12.4 Å². The SMILES string of the molecule is CCCN(CC)c1cncc(CNC)n1. The van der Waals surface area contributed by atoms with Crippen molar-refractivity contribution < 1.29 is 0 Å². The lowest BCUT2D eigenvalue weighted by atomic mass is 10.4. The Kier molecular flexibility index (Phi) is 5.04. The van der Waals surface area contributed by atoms with Gasteiger partial charge in [0.15, 0.2) is 0 Å². The van der Waals surface area contributed by atoms with Crippen molar-refractivity contribution in [3.63, 3.8) is 0 Å². The highest BCUT2D eigenvalue weighted by Gasteiger charge is 2.05. The normalized spacial score (nSPS) is 10.3. The highest BCUT2D eigenvalue weighted by atomic mass is 15.2. The van der Waals surface area contributed by atoms with Gasteiger partial charge in [-0.1, -0.05) is 6.92 Å². The first-order chi connectivity index (χ1) is 7.31. The molecule has 1 aromatic rings. The second-order valence-corrected chi connectivity index (χ2v) is 3.48. The van der Waals surface area contributed by atoms with Gasteiger partial charge in [-0.25, -0.2) is 4.98 Å². The monoisotopic (exact) mass is 208 g/mol. The van der Waals surface area contributed by atoms with Crippen molar-refractivity contribution in [1.29, 1.82) is 0 Å². The van der Waals surface area contributed by atoms with Gasteiger partial charge in [-0.15, -0.1) is 0 Å². The molecule has 1 heterocycles. The summed E-state index contributed by atoms with van der Waals surface area (Å²) in [4.78, 5) is 11.0. The average molecular weight is 208 g/mol. The predicted molar refractivity (Wildman–Crippen MR) is 63.0 cm³/mol. The molecule has 0 amide bonds. The number of hydrogen-bond acceptors (Lipinski definition) is 4. The van der Waals surface area contributed by atoms with E-state index in [0.29, 0.717) is 0 Å². The molecule has 0 aliphatic rings. The van der Waals surface area contributed by atoms with E-state index in [4.69, 9.17) is 0 Å². The van der Waals surface area contributed by atoms with Crippen molar-refractivity contribution >= 4 is 5.82 Å². The van der Waals surface area contributed by atoms with Crippen molar-refractivity contribution in [3.05, 3.63) is 18.1 Å². The lowest BCUT2D eigenvalue weighted by Gasteiger charge is -2.21. The average Bonchev–Trinajstić information content (AvgIpc) is 2.27. The summed E-state index contributed by atoms with van der Waals surface area (Å²) in [6.07, 6.45) is 4.77. The van der Waals surface area contributed by atoms with E-state index in [1.165, 1.54) is 0 Å². The summed E-state index contributed by atoms with van der Waals surface area (Å²) >= 11 is 0. The number of anilines is 1. The Morgan fingerprint density at radius 2 is 2.13 bits per heavy atom. The zero-order valence-corrected chi connectivity index (χ0v) is 9.82. The van der Waals surface area contributed by atoms with Crippen LogP contribution in [-0.4, -0.2) is 30.1 Å². The molecule has 1 aromatic heterocycles. The lowest BCUT2D eigenvalue weighted by Crippen LogP contribution is -2.25. The fraction of sp³-hybridized carbons (Fsp3) is 0.636. The number of hydrogen-bond donors (Lipinski definition) is 1. The second kappa shape index (κ2) is 6.35. The van der Waals surface area contributed by atoms with Crippen LogP contribution in [0.2, 0.25) is 0 Å². The molecule has 0 atom stereocenters. The van der Waals surface area contributed by atoms with E-state index in [9.17, 15) is 0 Å². The standard InChI is InChI=1S/C11H20N4/c1-4-6-15(5-2)11-9-13-8-10(14-11)7-12-3/h8-9,12H,4-7H2,1-3H3. The van der Waals surface area contributed by atoms with Crippen LogP contribution in [0.5, 0.6) is 0 Å². The molecule has 0 spiro atoms.